The molecule has 9 nitrogen and oxygen atoms in total. The smallest absolute Gasteiger partial charge is 0.267 e. The number of benzene rings is 1. The molecule has 2 fully saturated rings. The Bertz CT molecular complexity index is 1030. The van der Waals surface area contributed by atoms with Gasteiger partial charge in [0.25, 0.3) is 5.91 Å². The molecule has 1 aromatic carbocycles. The number of methoxy groups -OCH3 is 1. The van der Waals surface area contributed by atoms with Crippen LogP contribution in [0.4, 0.5) is 0 Å². The molecule has 174 valence electrons. The van der Waals surface area contributed by atoms with Crippen molar-refractivity contribution >= 4 is 15.9 Å². The molecule has 10 heteroatoms. The molecule has 1 amide bonds. The Morgan fingerprint density at radius 2 is 1.91 bits per heavy atom. The van der Waals surface area contributed by atoms with Crippen LogP contribution in [0, 0.1) is 0 Å². The number of rotatable bonds is 8. The van der Waals surface area contributed by atoms with Gasteiger partial charge in [0.05, 0.1) is 26.4 Å². The molecule has 0 aliphatic carbocycles. The zero-order chi connectivity index (χ0) is 22.6. The Kier molecular flexibility index (Phi) is 7.14. The number of aromatic amines is 1. The van der Waals surface area contributed by atoms with E-state index in [1.165, 1.54) is 16.6 Å². The zero-order valence-corrected chi connectivity index (χ0v) is 19.1. The Morgan fingerprint density at radius 3 is 2.62 bits per heavy atom. The lowest BCUT2D eigenvalue weighted by atomic mass is 10.0. The number of hydrogen-bond acceptors (Lipinski definition) is 6. The van der Waals surface area contributed by atoms with Crippen molar-refractivity contribution in [3.8, 4) is 5.75 Å². The van der Waals surface area contributed by atoms with Crippen molar-refractivity contribution in [2.24, 2.45) is 0 Å². The predicted molar refractivity (Wildman–Crippen MR) is 119 cm³/mol. The van der Waals surface area contributed by atoms with Crippen LogP contribution in [-0.2, 0) is 14.8 Å². The maximum Gasteiger partial charge on any atom is 0.267 e. The van der Waals surface area contributed by atoms with Gasteiger partial charge < -0.3 is 19.8 Å². The van der Waals surface area contributed by atoms with E-state index in [0.29, 0.717) is 32.8 Å². The number of morpholine rings is 1. The topological polar surface area (TPSA) is 104 Å². The third-order valence-corrected chi connectivity index (χ3v) is 7.92. The molecule has 0 radical (unpaired) electrons. The molecule has 3 heterocycles. The highest BCUT2D eigenvalue weighted by atomic mass is 32.2. The number of carbonyl (C=O) groups is 1. The number of para-hydroxylation sites is 1. The molecule has 2 aromatic rings. The second-order valence-electron chi connectivity index (χ2n) is 7.98. The van der Waals surface area contributed by atoms with Crippen LogP contribution in [0.1, 0.15) is 34.9 Å². The standard InChI is InChI=1S/C22H30N4O5S/c1-30-21-7-3-2-6-18(21)20(25-8-4-5-9-25)16-24-22(27)19-14-17(15-23-19)32(28,29)26-10-12-31-13-11-26/h2-3,6-7,14-15,20,23H,4-5,8-13,16H2,1H3,(H,24,27)/t20-/m1/s1. The van der Waals surface area contributed by atoms with Crippen molar-refractivity contribution in [1.29, 1.82) is 0 Å². The van der Waals surface area contributed by atoms with Crippen LogP contribution < -0.4 is 10.1 Å². The highest BCUT2D eigenvalue weighted by molar-refractivity contribution is 7.89. The first kappa shape index (κ1) is 22.8. The SMILES string of the molecule is COc1ccccc1[C@@H](CNC(=O)c1cc(S(=O)(=O)N2CCOCC2)c[nH]1)N1CCCC1. The van der Waals surface area contributed by atoms with Gasteiger partial charge in [-0.3, -0.25) is 9.69 Å². The minimum Gasteiger partial charge on any atom is -0.496 e. The molecular formula is C22H30N4O5S. The summed E-state index contributed by atoms with van der Waals surface area (Å²) in [5, 5.41) is 2.97. The molecule has 4 rings (SSSR count). The molecule has 0 saturated carbocycles. The van der Waals surface area contributed by atoms with Gasteiger partial charge in [-0.15, -0.1) is 0 Å². The number of ether oxygens (including phenoxy) is 2. The van der Waals surface area contributed by atoms with Crippen molar-refractivity contribution < 1.29 is 22.7 Å². The number of likely N-dealkylation sites (tertiary alicyclic amines) is 1. The molecule has 1 aromatic heterocycles. The summed E-state index contributed by atoms with van der Waals surface area (Å²) in [4.78, 5) is 18.1. The molecule has 0 spiro atoms. The third kappa shape index (κ3) is 4.83. The van der Waals surface area contributed by atoms with Crippen LogP contribution in [0.3, 0.4) is 0 Å². The largest absolute Gasteiger partial charge is 0.496 e. The van der Waals surface area contributed by atoms with E-state index in [4.69, 9.17) is 9.47 Å². The Balaban J connectivity index is 1.47. The van der Waals surface area contributed by atoms with E-state index in [0.717, 1.165) is 37.2 Å². The van der Waals surface area contributed by atoms with Crippen molar-refractivity contribution in [3.63, 3.8) is 0 Å². The third-order valence-electron chi connectivity index (χ3n) is 6.04. The summed E-state index contributed by atoms with van der Waals surface area (Å²) in [7, 11) is -2.01. The van der Waals surface area contributed by atoms with Crippen LogP contribution in [-0.4, -0.2) is 81.6 Å². The van der Waals surface area contributed by atoms with E-state index in [1.54, 1.807) is 7.11 Å². The van der Waals surface area contributed by atoms with E-state index in [1.807, 2.05) is 24.3 Å². The number of aromatic nitrogens is 1. The van der Waals surface area contributed by atoms with E-state index < -0.39 is 10.0 Å². The first-order valence-electron chi connectivity index (χ1n) is 10.9. The summed E-state index contributed by atoms with van der Waals surface area (Å²) in [6.45, 7) is 3.68. The quantitative estimate of drug-likeness (QED) is 0.618. The van der Waals surface area contributed by atoms with E-state index >= 15 is 0 Å². The minimum absolute atomic E-state index is 0.0240. The molecule has 2 aliphatic rings. The highest BCUT2D eigenvalue weighted by Crippen LogP contribution is 2.31. The van der Waals surface area contributed by atoms with Crippen molar-refractivity contribution in [2.45, 2.75) is 23.8 Å². The van der Waals surface area contributed by atoms with Crippen molar-refractivity contribution in [2.75, 3.05) is 53.0 Å². The average molecular weight is 463 g/mol. The van der Waals surface area contributed by atoms with E-state index in [2.05, 4.69) is 15.2 Å². The first-order valence-corrected chi connectivity index (χ1v) is 12.4. The van der Waals surface area contributed by atoms with Crippen LogP contribution in [0.2, 0.25) is 0 Å². The summed E-state index contributed by atoms with van der Waals surface area (Å²) < 4.78 is 37.8. The molecule has 2 saturated heterocycles. The molecule has 1 atom stereocenters. The summed E-state index contributed by atoms with van der Waals surface area (Å²) in [5.41, 5.74) is 1.25. The van der Waals surface area contributed by atoms with Gasteiger partial charge in [0, 0.05) is 31.4 Å². The number of amides is 1. The zero-order valence-electron chi connectivity index (χ0n) is 18.2. The lowest BCUT2D eigenvalue weighted by Crippen LogP contribution is -2.40. The van der Waals surface area contributed by atoms with Crippen LogP contribution in [0.5, 0.6) is 5.75 Å². The summed E-state index contributed by atoms with van der Waals surface area (Å²) in [5.74, 6) is 0.449. The molecular weight excluding hydrogens is 432 g/mol. The fourth-order valence-corrected chi connectivity index (χ4v) is 5.71. The van der Waals surface area contributed by atoms with Gasteiger partial charge in [-0.05, 0) is 38.1 Å². The second-order valence-corrected chi connectivity index (χ2v) is 9.91. The van der Waals surface area contributed by atoms with Gasteiger partial charge >= 0.3 is 0 Å². The minimum atomic E-state index is -3.65. The number of carbonyl (C=O) groups excluding carboxylic acids is 1. The van der Waals surface area contributed by atoms with Crippen LogP contribution in [0.25, 0.3) is 0 Å². The number of nitrogens with zero attached hydrogens (tertiary/aromatic N) is 2. The van der Waals surface area contributed by atoms with Crippen molar-refractivity contribution in [1.82, 2.24) is 19.5 Å². The van der Waals surface area contributed by atoms with Gasteiger partial charge in [-0.25, -0.2) is 8.42 Å². The van der Waals surface area contributed by atoms with Gasteiger partial charge in [0.1, 0.15) is 16.3 Å². The lowest BCUT2D eigenvalue weighted by Gasteiger charge is -2.29. The summed E-state index contributed by atoms with van der Waals surface area (Å²) >= 11 is 0. The fraction of sp³-hybridized carbons (Fsp3) is 0.500. The van der Waals surface area contributed by atoms with E-state index in [-0.39, 0.29) is 22.5 Å². The predicted octanol–water partition coefficient (Wildman–Crippen LogP) is 1.61. The van der Waals surface area contributed by atoms with Crippen LogP contribution in [0.15, 0.2) is 41.4 Å². The number of nitrogens with one attached hydrogen (secondary N) is 2. The maximum atomic E-state index is 12.8. The fourth-order valence-electron chi connectivity index (χ4n) is 4.31. The molecule has 0 unspecified atom stereocenters. The average Bonchev–Trinajstić information content (AvgIpc) is 3.53. The Labute approximate surface area is 188 Å². The van der Waals surface area contributed by atoms with Gasteiger partial charge in [0.2, 0.25) is 10.0 Å². The van der Waals surface area contributed by atoms with E-state index in [9.17, 15) is 13.2 Å². The molecule has 2 N–H and O–H groups in total. The Morgan fingerprint density at radius 1 is 1.19 bits per heavy atom. The van der Waals surface area contributed by atoms with Gasteiger partial charge in [0.15, 0.2) is 0 Å². The molecule has 0 bridgehead atoms. The molecule has 32 heavy (non-hydrogen) atoms. The summed E-state index contributed by atoms with van der Waals surface area (Å²) in [6.07, 6.45) is 3.62. The number of hydrogen-bond donors (Lipinski definition) is 2. The lowest BCUT2D eigenvalue weighted by molar-refractivity contribution is 0.0730. The summed E-state index contributed by atoms with van der Waals surface area (Å²) in [6, 6.07) is 9.22. The van der Waals surface area contributed by atoms with Crippen LogP contribution >= 0.6 is 0 Å². The van der Waals surface area contributed by atoms with Crippen molar-refractivity contribution in [3.05, 3.63) is 47.8 Å². The second kappa shape index (κ2) is 10.0. The number of H-pyrrole nitrogens is 1. The van der Waals surface area contributed by atoms with Gasteiger partial charge in [-0.1, -0.05) is 18.2 Å². The Hall–Kier alpha value is -2.40. The number of sulfonamides is 1. The first-order chi connectivity index (χ1) is 15.5. The molecule has 2 aliphatic heterocycles. The van der Waals surface area contributed by atoms with Gasteiger partial charge in [-0.2, -0.15) is 4.31 Å². The monoisotopic (exact) mass is 462 g/mol. The maximum absolute atomic E-state index is 12.8. The highest BCUT2D eigenvalue weighted by Gasteiger charge is 2.29. The normalized spacial score (nSPS) is 19.0.